The van der Waals surface area contributed by atoms with Crippen molar-refractivity contribution >= 4 is 17.4 Å². The van der Waals surface area contributed by atoms with E-state index in [2.05, 4.69) is 22.2 Å². The van der Waals surface area contributed by atoms with E-state index in [1.165, 1.54) is 0 Å². The minimum absolute atomic E-state index is 0.254. The molecule has 1 rings (SSSR count). The molecule has 1 N–H and O–H groups in total. The van der Waals surface area contributed by atoms with Gasteiger partial charge in [-0.05, 0) is 12.8 Å². The fraction of sp³-hybridized carbons (Fsp3) is 0.556. The van der Waals surface area contributed by atoms with Crippen LogP contribution in [-0.2, 0) is 0 Å². The van der Waals surface area contributed by atoms with Gasteiger partial charge in [0.25, 0.3) is 0 Å². The molecule has 4 heteroatoms. The second-order valence-electron chi connectivity index (χ2n) is 2.81. The van der Waals surface area contributed by atoms with E-state index < -0.39 is 0 Å². The number of halogens is 1. The predicted octanol–water partition coefficient (Wildman–Crippen LogP) is 2.30. The Bertz CT molecular complexity index is 228. The lowest BCUT2D eigenvalue weighted by Crippen LogP contribution is -2.08. The molecule has 72 valence electrons. The Balaban J connectivity index is 2.20. The van der Waals surface area contributed by atoms with Gasteiger partial charge in [0.2, 0.25) is 0 Å². The molecule has 0 saturated heterocycles. The molecule has 1 heterocycles. The van der Waals surface area contributed by atoms with Crippen LogP contribution in [0.4, 0.5) is 5.82 Å². The lowest BCUT2D eigenvalue weighted by atomic mass is 10.2. The van der Waals surface area contributed by atoms with Crippen molar-refractivity contribution < 1.29 is 0 Å². The van der Waals surface area contributed by atoms with Gasteiger partial charge >= 0.3 is 0 Å². The normalized spacial score (nSPS) is 12.5. The molecule has 1 unspecified atom stereocenters. The van der Waals surface area contributed by atoms with Crippen LogP contribution in [0.1, 0.15) is 19.8 Å². The third kappa shape index (κ3) is 4.08. The minimum atomic E-state index is 0.254. The zero-order valence-corrected chi connectivity index (χ0v) is 8.46. The number of rotatable bonds is 5. The van der Waals surface area contributed by atoms with Crippen molar-refractivity contribution in [2.75, 3.05) is 11.9 Å². The third-order valence-corrected chi connectivity index (χ3v) is 2.30. The van der Waals surface area contributed by atoms with Crippen LogP contribution >= 0.6 is 11.6 Å². The summed E-state index contributed by atoms with van der Waals surface area (Å²) < 4.78 is 0. The Morgan fingerprint density at radius 1 is 1.54 bits per heavy atom. The Hall–Kier alpha value is -0.830. The van der Waals surface area contributed by atoms with E-state index in [0.29, 0.717) is 0 Å². The van der Waals surface area contributed by atoms with E-state index in [1.807, 2.05) is 0 Å². The molecule has 0 aromatic carbocycles. The van der Waals surface area contributed by atoms with Crippen LogP contribution in [0.25, 0.3) is 0 Å². The largest absolute Gasteiger partial charge is 0.369 e. The molecule has 0 aliphatic carbocycles. The number of hydrogen-bond acceptors (Lipinski definition) is 3. The van der Waals surface area contributed by atoms with Gasteiger partial charge in [-0.2, -0.15) is 0 Å². The summed E-state index contributed by atoms with van der Waals surface area (Å²) in [5, 5.41) is 3.41. The molecular weight excluding hydrogens is 186 g/mol. The number of hydrogen-bond donors (Lipinski definition) is 1. The molecule has 0 fully saturated rings. The minimum Gasteiger partial charge on any atom is -0.369 e. The molecule has 0 bridgehead atoms. The highest BCUT2D eigenvalue weighted by Gasteiger charge is 2.00. The average molecular weight is 200 g/mol. The van der Waals surface area contributed by atoms with Gasteiger partial charge in [-0.25, -0.2) is 4.98 Å². The smallest absolute Gasteiger partial charge is 0.144 e. The molecule has 1 atom stereocenters. The second kappa shape index (κ2) is 5.75. The van der Waals surface area contributed by atoms with Crippen LogP contribution in [0.2, 0.25) is 0 Å². The molecule has 1 aromatic heterocycles. The Labute approximate surface area is 83.5 Å². The molecule has 0 spiro atoms. The number of aromatic nitrogens is 2. The van der Waals surface area contributed by atoms with E-state index >= 15 is 0 Å². The second-order valence-corrected chi connectivity index (χ2v) is 3.43. The molecule has 13 heavy (non-hydrogen) atoms. The van der Waals surface area contributed by atoms with Gasteiger partial charge in [-0.1, -0.05) is 6.92 Å². The maximum absolute atomic E-state index is 5.96. The topological polar surface area (TPSA) is 37.8 Å². The van der Waals surface area contributed by atoms with Crippen LogP contribution < -0.4 is 5.32 Å². The van der Waals surface area contributed by atoms with Crippen molar-refractivity contribution in [2.45, 2.75) is 25.1 Å². The van der Waals surface area contributed by atoms with Gasteiger partial charge in [0.1, 0.15) is 5.82 Å². The third-order valence-electron chi connectivity index (χ3n) is 1.77. The summed E-state index contributed by atoms with van der Waals surface area (Å²) in [5.41, 5.74) is 0. The standard InChI is InChI=1S/C9H14ClN3/c1-2-8(10)3-4-12-9-7-11-5-6-13-9/h5-8H,2-4H2,1H3,(H,12,13). The molecule has 0 aliphatic heterocycles. The van der Waals surface area contributed by atoms with Crippen LogP contribution in [0, 0.1) is 0 Å². The molecule has 0 aliphatic rings. The lowest BCUT2D eigenvalue weighted by molar-refractivity contribution is 0.751. The highest BCUT2D eigenvalue weighted by molar-refractivity contribution is 6.20. The fourth-order valence-electron chi connectivity index (χ4n) is 0.951. The van der Waals surface area contributed by atoms with E-state index in [4.69, 9.17) is 11.6 Å². The van der Waals surface area contributed by atoms with E-state index in [-0.39, 0.29) is 5.38 Å². The van der Waals surface area contributed by atoms with Gasteiger partial charge in [0.05, 0.1) is 6.20 Å². The lowest BCUT2D eigenvalue weighted by Gasteiger charge is -2.07. The average Bonchev–Trinajstić information content (AvgIpc) is 2.19. The van der Waals surface area contributed by atoms with Gasteiger partial charge in [-0.15, -0.1) is 11.6 Å². The SMILES string of the molecule is CCC(Cl)CCNc1cnccn1. The van der Waals surface area contributed by atoms with Gasteiger partial charge in [-0.3, -0.25) is 4.98 Å². The molecule has 3 nitrogen and oxygen atoms in total. The van der Waals surface area contributed by atoms with Crippen molar-refractivity contribution in [1.29, 1.82) is 0 Å². The number of nitrogens with zero attached hydrogens (tertiary/aromatic N) is 2. The molecule has 1 aromatic rings. The Morgan fingerprint density at radius 2 is 2.38 bits per heavy atom. The first-order valence-electron chi connectivity index (χ1n) is 4.47. The van der Waals surface area contributed by atoms with E-state index in [0.717, 1.165) is 25.2 Å². The zero-order valence-electron chi connectivity index (χ0n) is 7.70. The predicted molar refractivity (Wildman–Crippen MR) is 55.1 cm³/mol. The quantitative estimate of drug-likeness (QED) is 0.740. The van der Waals surface area contributed by atoms with E-state index in [1.54, 1.807) is 18.6 Å². The van der Waals surface area contributed by atoms with Crippen molar-refractivity contribution in [1.82, 2.24) is 9.97 Å². The maximum atomic E-state index is 5.96. The monoisotopic (exact) mass is 199 g/mol. The Morgan fingerprint density at radius 3 is 3.00 bits per heavy atom. The maximum Gasteiger partial charge on any atom is 0.144 e. The summed E-state index contributed by atoms with van der Waals surface area (Å²) in [6, 6.07) is 0. The summed E-state index contributed by atoms with van der Waals surface area (Å²) in [5.74, 6) is 0.808. The molecule has 0 amide bonds. The van der Waals surface area contributed by atoms with Crippen LogP contribution in [0.15, 0.2) is 18.6 Å². The molecule has 0 radical (unpaired) electrons. The first kappa shape index (κ1) is 10.3. The van der Waals surface area contributed by atoms with Crippen LogP contribution in [0.3, 0.4) is 0 Å². The first-order valence-corrected chi connectivity index (χ1v) is 4.90. The van der Waals surface area contributed by atoms with E-state index in [9.17, 15) is 0 Å². The highest BCUT2D eigenvalue weighted by Crippen LogP contribution is 2.06. The van der Waals surface area contributed by atoms with Gasteiger partial charge < -0.3 is 5.32 Å². The van der Waals surface area contributed by atoms with Crippen LogP contribution in [-0.4, -0.2) is 21.9 Å². The van der Waals surface area contributed by atoms with Crippen molar-refractivity contribution in [3.63, 3.8) is 0 Å². The van der Waals surface area contributed by atoms with Gasteiger partial charge in [0.15, 0.2) is 0 Å². The Kier molecular flexibility index (Phi) is 4.54. The van der Waals surface area contributed by atoms with Gasteiger partial charge in [0, 0.05) is 24.3 Å². The summed E-state index contributed by atoms with van der Waals surface area (Å²) in [6.45, 7) is 2.93. The molecule has 0 saturated carbocycles. The summed E-state index contributed by atoms with van der Waals surface area (Å²) in [6.07, 6.45) is 6.98. The van der Waals surface area contributed by atoms with Crippen LogP contribution in [0.5, 0.6) is 0 Å². The van der Waals surface area contributed by atoms with Crippen molar-refractivity contribution in [2.24, 2.45) is 0 Å². The number of nitrogens with one attached hydrogen (secondary N) is 1. The highest BCUT2D eigenvalue weighted by atomic mass is 35.5. The summed E-state index contributed by atoms with van der Waals surface area (Å²) in [7, 11) is 0. The number of anilines is 1. The van der Waals surface area contributed by atoms with Crippen molar-refractivity contribution in [3.8, 4) is 0 Å². The fourth-order valence-corrected chi connectivity index (χ4v) is 1.06. The zero-order chi connectivity index (χ0) is 9.52. The number of alkyl halides is 1. The van der Waals surface area contributed by atoms with Crippen molar-refractivity contribution in [3.05, 3.63) is 18.6 Å². The first-order chi connectivity index (χ1) is 6.33. The summed E-state index contributed by atoms with van der Waals surface area (Å²) >= 11 is 5.96. The molecular formula is C9H14ClN3. The summed E-state index contributed by atoms with van der Waals surface area (Å²) in [4.78, 5) is 8.03.